The third kappa shape index (κ3) is 14.8. The van der Waals surface area contributed by atoms with Crippen molar-refractivity contribution in [2.75, 3.05) is 33.2 Å². The molecule has 10 nitrogen and oxygen atoms in total. The Balaban J connectivity index is 1.11. The average molecular weight is 713 g/mol. The first kappa shape index (κ1) is 39.3. The number of unbranched alkanes of at least 4 members (excludes halogenated alkanes) is 6. The Hall–Kier alpha value is -5.48. The van der Waals surface area contributed by atoms with Crippen molar-refractivity contribution in [1.29, 1.82) is 0 Å². The minimum Gasteiger partial charge on any atom is -0.494 e. The van der Waals surface area contributed by atoms with Crippen molar-refractivity contribution in [2.45, 2.75) is 58.3 Å². The molecule has 0 bridgehead atoms. The average Bonchev–Trinajstić information content (AvgIpc) is 3.17. The minimum absolute atomic E-state index is 0.0469. The van der Waals surface area contributed by atoms with E-state index in [1.54, 1.807) is 36.4 Å². The summed E-state index contributed by atoms with van der Waals surface area (Å²) in [6, 6.07) is 25.5. The summed E-state index contributed by atoms with van der Waals surface area (Å²) < 4.78 is 33.8. The zero-order chi connectivity index (χ0) is 36.6. The highest BCUT2D eigenvalue weighted by Gasteiger charge is 2.10. The molecule has 0 fully saturated rings. The summed E-state index contributed by atoms with van der Waals surface area (Å²) in [5.41, 5.74) is 0.424. The van der Waals surface area contributed by atoms with Gasteiger partial charge in [-0.15, -0.1) is 0 Å². The van der Waals surface area contributed by atoms with Gasteiger partial charge < -0.3 is 33.3 Å². The molecule has 0 unspecified atom stereocenters. The van der Waals surface area contributed by atoms with Crippen LogP contribution in [-0.4, -0.2) is 45.2 Å². The molecule has 0 aliphatic heterocycles. The van der Waals surface area contributed by atoms with E-state index in [0.29, 0.717) is 55.0 Å². The van der Waals surface area contributed by atoms with Crippen LogP contribution in [0.4, 0.5) is 0 Å². The van der Waals surface area contributed by atoms with Gasteiger partial charge in [0.25, 0.3) is 0 Å². The molecule has 4 aromatic rings. The number of benzene rings is 4. The van der Waals surface area contributed by atoms with Crippen LogP contribution in [-0.2, 0) is 19.3 Å². The molecule has 10 heteroatoms. The molecule has 0 saturated carbocycles. The smallest absolute Gasteiger partial charge is 0.343 e. The molecular weight excluding hydrogens is 664 g/mol. The van der Waals surface area contributed by atoms with Crippen LogP contribution in [0.25, 0.3) is 10.8 Å². The molecule has 0 saturated heterocycles. The highest BCUT2D eigenvalue weighted by molar-refractivity contribution is 5.92. The molecule has 0 atom stereocenters. The Morgan fingerprint density at radius 1 is 0.577 bits per heavy atom. The van der Waals surface area contributed by atoms with Gasteiger partial charge in [-0.2, -0.15) is 4.89 Å². The van der Waals surface area contributed by atoms with Gasteiger partial charge in [-0.3, -0.25) is 0 Å². The van der Waals surface area contributed by atoms with Crippen molar-refractivity contribution >= 4 is 22.7 Å². The summed E-state index contributed by atoms with van der Waals surface area (Å²) in [7, 11) is 0. The molecule has 4 aromatic carbocycles. The number of carbonyl (C=O) groups is 2. The topological polar surface area (TPSA) is 108 Å². The summed E-state index contributed by atoms with van der Waals surface area (Å²) in [6.45, 7) is 7.48. The van der Waals surface area contributed by atoms with Crippen LogP contribution in [0.15, 0.2) is 110 Å². The molecule has 0 N–H and O–H groups in total. The van der Waals surface area contributed by atoms with Crippen LogP contribution in [0.5, 0.6) is 28.7 Å². The quantitative estimate of drug-likeness (QED) is 0.00964. The van der Waals surface area contributed by atoms with Crippen molar-refractivity contribution in [2.24, 2.45) is 0 Å². The van der Waals surface area contributed by atoms with Gasteiger partial charge in [0.1, 0.15) is 35.0 Å². The van der Waals surface area contributed by atoms with Gasteiger partial charge >= 0.3 is 11.9 Å². The lowest BCUT2D eigenvalue weighted by Crippen LogP contribution is -2.08. The fourth-order valence-electron chi connectivity index (χ4n) is 4.93. The number of hydrogen-bond donors (Lipinski definition) is 0. The molecule has 0 aliphatic carbocycles. The maximum absolute atomic E-state index is 12.8. The predicted molar refractivity (Wildman–Crippen MR) is 199 cm³/mol. The first-order chi connectivity index (χ1) is 25.5. The summed E-state index contributed by atoms with van der Waals surface area (Å²) >= 11 is 0. The fourth-order valence-corrected chi connectivity index (χ4v) is 4.93. The zero-order valence-corrected chi connectivity index (χ0v) is 29.8. The monoisotopic (exact) mass is 712 g/mol. The Kier molecular flexibility index (Phi) is 17.4. The van der Waals surface area contributed by atoms with Gasteiger partial charge in [0.2, 0.25) is 6.79 Å². The Labute approximate surface area is 305 Å². The van der Waals surface area contributed by atoms with Crippen molar-refractivity contribution in [3.8, 4) is 28.7 Å². The number of ether oxygens (including phenoxy) is 6. The van der Waals surface area contributed by atoms with Crippen LogP contribution in [0.2, 0.25) is 0 Å². The standard InChI is InChI=1S/C42H48O10/c1-3-25-50-51-29-12-8-7-10-27-46-37-21-23-38(24-22-37)48-32-49-39-19-15-35-31-40(20-16-34(35)30-39)52-42(44)33-13-17-36(18-14-33)45-26-9-5-6-11-28-47-41(43)4-2/h3-4,13-25,30-31H,2,5-12,26-29,32H2,1H3/b25-3+. The molecule has 0 radical (unpaired) electrons. The van der Waals surface area contributed by atoms with E-state index in [4.69, 9.17) is 38.2 Å². The molecule has 0 aromatic heterocycles. The zero-order valence-electron chi connectivity index (χ0n) is 29.8. The number of carbonyl (C=O) groups excluding carboxylic acids is 2. The number of rotatable bonds is 25. The minimum atomic E-state index is -0.455. The first-order valence-corrected chi connectivity index (χ1v) is 17.7. The lowest BCUT2D eigenvalue weighted by Gasteiger charge is -2.11. The van der Waals surface area contributed by atoms with E-state index >= 15 is 0 Å². The number of hydrogen-bond acceptors (Lipinski definition) is 10. The van der Waals surface area contributed by atoms with Crippen molar-refractivity contribution < 1.29 is 47.8 Å². The third-order valence-electron chi connectivity index (χ3n) is 7.73. The van der Waals surface area contributed by atoms with Gasteiger partial charge in [-0.25, -0.2) is 9.59 Å². The number of esters is 2. The van der Waals surface area contributed by atoms with Crippen molar-refractivity contribution in [3.63, 3.8) is 0 Å². The van der Waals surface area contributed by atoms with Gasteiger partial charge in [0.15, 0.2) is 0 Å². The van der Waals surface area contributed by atoms with Crippen LogP contribution in [0, 0.1) is 0 Å². The van der Waals surface area contributed by atoms with Gasteiger partial charge in [-0.1, -0.05) is 25.1 Å². The molecule has 0 heterocycles. The second-order valence-corrected chi connectivity index (χ2v) is 11.7. The SMILES string of the molecule is C=CC(=O)OCCCCCCOc1ccc(C(=O)Oc2ccc3cc(OCOc4ccc(OCCCCCCOO/C=C/C)cc4)ccc3c2)cc1. The van der Waals surface area contributed by atoms with Crippen molar-refractivity contribution in [1.82, 2.24) is 0 Å². The molecule has 52 heavy (non-hydrogen) atoms. The summed E-state index contributed by atoms with van der Waals surface area (Å²) in [6.07, 6.45) is 12.1. The fraction of sp³-hybridized carbons (Fsp3) is 0.333. The molecular formula is C42H48O10. The Bertz CT molecular complexity index is 1680. The second kappa shape index (κ2) is 23.1. The maximum Gasteiger partial charge on any atom is 0.343 e. The number of fused-ring (bicyclic) bond motifs is 1. The van der Waals surface area contributed by atoms with Crippen LogP contribution >= 0.6 is 0 Å². The van der Waals surface area contributed by atoms with E-state index in [-0.39, 0.29) is 6.79 Å². The van der Waals surface area contributed by atoms with E-state index in [1.165, 1.54) is 6.26 Å². The normalized spacial score (nSPS) is 10.9. The number of allylic oxidation sites excluding steroid dienone is 1. The maximum atomic E-state index is 12.8. The summed E-state index contributed by atoms with van der Waals surface area (Å²) in [5.74, 6) is 2.40. The molecule has 4 rings (SSSR count). The molecule has 0 spiro atoms. The largest absolute Gasteiger partial charge is 0.494 e. The molecule has 0 amide bonds. The van der Waals surface area contributed by atoms with Crippen molar-refractivity contribution in [3.05, 3.63) is 115 Å². The lowest BCUT2D eigenvalue weighted by molar-refractivity contribution is -0.249. The Morgan fingerprint density at radius 2 is 1.08 bits per heavy atom. The van der Waals surface area contributed by atoms with Gasteiger partial charge in [-0.05, 0) is 142 Å². The van der Waals surface area contributed by atoms with E-state index in [2.05, 4.69) is 6.58 Å². The Morgan fingerprint density at radius 3 is 1.69 bits per heavy atom. The van der Waals surface area contributed by atoms with E-state index < -0.39 is 11.9 Å². The van der Waals surface area contributed by atoms with E-state index in [0.717, 1.165) is 74.0 Å². The molecule has 276 valence electrons. The highest BCUT2D eigenvalue weighted by Crippen LogP contribution is 2.26. The second-order valence-electron chi connectivity index (χ2n) is 11.7. The van der Waals surface area contributed by atoms with Crippen LogP contribution in [0.1, 0.15) is 68.6 Å². The summed E-state index contributed by atoms with van der Waals surface area (Å²) in [5, 5.41) is 1.84. The van der Waals surface area contributed by atoms with E-state index in [1.807, 2.05) is 61.5 Å². The van der Waals surface area contributed by atoms with Gasteiger partial charge in [0.05, 0.1) is 32.0 Å². The third-order valence-corrected chi connectivity index (χ3v) is 7.73. The summed E-state index contributed by atoms with van der Waals surface area (Å²) in [4.78, 5) is 33.7. The van der Waals surface area contributed by atoms with Crippen LogP contribution < -0.4 is 23.7 Å². The predicted octanol–water partition coefficient (Wildman–Crippen LogP) is 9.56. The first-order valence-electron chi connectivity index (χ1n) is 17.7. The van der Waals surface area contributed by atoms with E-state index in [9.17, 15) is 9.59 Å². The van der Waals surface area contributed by atoms with Gasteiger partial charge in [0, 0.05) is 6.08 Å². The molecule has 0 aliphatic rings. The lowest BCUT2D eigenvalue weighted by atomic mass is 10.1. The van der Waals surface area contributed by atoms with Crippen LogP contribution in [0.3, 0.4) is 0 Å². The highest BCUT2D eigenvalue weighted by atomic mass is 17.2.